The number of pyridine rings is 2. The molecule has 0 radical (unpaired) electrons. The van der Waals surface area contributed by atoms with Crippen LogP contribution >= 0.6 is 0 Å². The van der Waals surface area contributed by atoms with E-state index in [2.05, 4.69) is 283 Å². The van der Waals surface area contributed by atoms with E-state index >= 15 is 0 Å². The molecular formula is C84H75B2FeN9. The largest absolute Gasteiger partial charge is 2.00 e. The summed E-state index contributed by atoms with van der Waals surface area (Å²) in [6, 6.07) is 121. The van der Waals surface area contributed by atoms with Crippen LogP contribution in [0, 0.1) is 11.3 Å². The van der Waals surface area contributed by atoms with Crippen molar-refractivity contribution in [3.63, 3.8) is 0 Å². The second kappa shape index (κ2) is 37.2. The van der Waals surface area contributed by atoms with Crippen molar-refractivity contribution in [1.82, 2.24) is 29.9 Å². The Morgan fingerprint density at radius 3 is 0.771 bits per heavy atom. The molecule has 0 saturated carbocycles. The molecule has 0 unspecified atom stereocenters. The third kappa shape index (κ3) is 18.4. The van der Waals surface area contributed by atoms with Gasteiger partial charge in [0.2, 0.25) is 0 Å². The molecule has 0 aliphatic rings. The van der Waals surface area contributed by atoms with Gasteiger partial charge in [0.25, 0.3) is 0 Å². The summed E-state index contributed by atoms with van der Waals surface area (Å²) >= 11 is 0. The molecule has 470 valence electrons. The van der Waals surface area contributed by atoms with Crippen LogP contribution in [0.1, 0.15) is 29.7 Å². The third-order valence-electron chi connectivity index (χ3n) is 16.6. The zero-order valence-electron chi connectivity index (χ0n) is 53.8. The van der Waals surface area contributed by atoms with Gasteiger partial charge in [0.05, 0.1) is 17.5 Å². The van der Waals surface area contributed by atoms with E-state index in [9.17, 15) is 0 Å². The monoisotopic (exact) mass is 1290 g/mol. The number of H-pyrrole nitrogens is 2. The average molecular weight is 1290 g/mol. The number of aliphatic imine (C=N–C) groups is 2. The van der Waals surface area contributed by atoms with Crippen LogP contribution in [-0.4, -0.2) is 67.7 Å². The predicted molar refractivity (Wildman–Crippen MR) is 400 cm³/mol. The maximum absolute atomic E-state index is 7.32. The molecule has 4 aromatic heterocycles. The van der Waals surface area contributed by atoms with Gasteiger partial charge in [-0.25, -0.2) is 9.97 Å². The van der Waals surface area contributed by atoms with Crippen LogP contribution in [0.25, 0.3) is 22.8 Å². The first-order valence-electron chi connectivity index (χ1n) is 32.2. The number of aromatic nitrogens is 6. The SMILES string of the molecule is C(=NCCc1ccccn1)c1c[nH]c(-c2ccccc2)n1.C(=NCCc1ccccn1)c1c[nH]c(-c2ccccc2)n1.CC#N.[Fe+2].c1ccc([B-](c2ccccc2)(c2ccccc2)c2ccccc2)cc1.c1ccc([B-](c2ccccc2)(c2ccccc2)c2ccccc2)cc1. The summed E-state index contributed by atoms with van der Waals surface area (Å²) in [5, 5.41) is 7.32. The summed E-state index contributed by atoms with van der Waals surface area (Å²) in [6.07, 6.45) is 10.2. The number of rotatable bonds is 18. The standard InChI is InChI=1S/2C24H20B.2C17H16N4.C2H3N.Fe/c2*1-5-13-21(14-6-1)25(22-15-7-2-8-16-22,23-17-9-3-10-18-23)24-19-11-4-12-20-24;2*1-2-6-14(7-3-1)17-20-13-16(21-17)12-18-11-9-15-8-4-5-10-19-15;1-2-3;/h2*1-20H;2*1-8,10,12-13H,9,11H2,(H,20,21);1H3;/q2*-1;;;;+2. The quantitative estimate of drug-likeness (QED) is 0.0652. The van der Waals surface area contributed by atoms with Crippen molar-refractivity contribution in [2.75, 3.05) is 13.1 Å². The molecule has 0 atom stereocenters. The van der Waals surface area contributed by atoms with Crippen LogP contribution in [0.15, 0.2) is 374 Å². The van der Waals surface area contributed by atoms with Crippen molar-refractivity contribution >= 4 is 68.4 Å². The van der Waals surface area contributed by atoms with Crippen LogP contribution in [0.2, 0.25) is 0 Å². The Balaban J connectivity index is 0.000000148. The Morgan fingerprint density at radius 1 is 0.333 bits per heavy atom. The third-order valence-corrected chi connectivity index (χ3v) is 16.6. The fourth-order valence-electron chi connectivity index (χ4n) is 12.3. The maximum Gasteiger partial charge on any atom is 2.00 e. The number of benzene rings is 10. The van der Waals surface area contributed by atoms with E-state index in [1.807, 2.05) is 109 Å². The molecule has 96 heavy (non-hydrogen) atoms. The number of nitrogens with one attached hydrogen (secondary N) is 2. The molecule has 2 N–H and O–H groups in total. The molecule has 14 rings (SSSR count). The Labute approximate surface area is 576 Å². The van der Waals surface area contributed by atoms with E-state index in [0.29, 0.717) is 13.1 Å². The molecule has 0 amide bonds. The minimum Gasteiger partial charge on any atom is -0.344 e. The fraction of sp³-hybridized carbons (Fsp3) is 0.0595. The van der Waals surface area contributed by atoms with Crippen LogP contribution in [0.4, 0.5) is 0 Å². The Morgan fingerprint density at radius 2 is 0.552 bits per heavy atom. The molecule has 0 aliphatic heterocycles. The van der Waals surface area contributed by atoms with Crippen molar-refractivity contribution in [1.29, 1.82) is 5.26 Å². The molecular weight excluding hydrogens is 1210 g/mol. The molecule has 4 heterocycles. The first-order valence-corrected chi connectivity index (χ1v) is 32.2. The van der Waals surface area contributed by atoms with E-state index in [4.69, 9.17) is 5.26 Å². The summed E-state index contributed by atoms with van der Waals surface area (Å²) in [7, 11) is 0. The van der Waals surface area contributed by atoms with Crippen molar-refractivity contribution in [2.45, 2.75) is 19.8 Å². The molecule has 0 fully saturated rings. The minimum atomic E-state index is -1.22. The molecule has 0 aliphatic carbocycles. The van der Waals surface area contributed by atoms with Crippen LogP contribution < -0.4 is 43.7 Å². The number of imidazole rings is 2. The van der Waals surface area contributed by atoms with Gasteiger partial charge >= 0.3 is 17.1 Å². The van der Waals surface area contributed by atoms with Crippen molar-refractivity contribution in [2.24, 2.45) is 9.98 Å². The number of nitriles is 1. The average Bonchev–Trinajstić information content (AvgIpc) is 0.830. The van der Waals surface area contributed by atoms with Gasteiger partial charge in [0.1, 0.15) is 23.9 Å². The van der Waals surface area contributed by atoms with Gasteiger partial charge in [0.15, 0.2) is 0 Å². The van der Waals surface area contributed by atoms with Gasteiger partial charge in [-0.2, -0.15) is 49.0 Å². The molecule has 12 heteroatoms. The molecule has 0 saturated heterocycles. The summed E-state index contributed by atoms with van der Waals surface area (Å²) in [4.78, 5) is 32.7. The second-order valence-corrected chi connectivity index (χ2v) is 22.5. The number of nitrogens with zero attached hydrogens (tertiary/aromatic N) is 7. The van der Waals surface area contributed by atoms with E-state index in [1.165, 1.54) is 50.6 Å². The Kier molecular flexibility index (Phi) is 26.6. The summed E-state index contributed by atoms with van der Waals surface area (Å²) in [6.45, 7) is 2.86. The van der Waals surface area contributed by atoms with Crippen molar-refractivity contribution in [3.8, 4) is 28.8 Å². The van der Waals surface area contributed by atoms with Crippen molar-refractivity contribution in [3.05, 3.63) is 387 Å². The van der Waals surface area contributed by atoms with Gasteiger partial charge in [-0.1, -0.05) is 315 Å². The van der Waals surface area contributed by atoms with E-state index < -0.39 is 12.3 Å². The van der Waals surface area contributed by atoms with Gasteiger partial charge in [-0.3, -0.25) is 20.0 Å². The molecule has 14 aromatic rings. The van der Waals surface area contributed by atoms with Crippen LogP contribution in [-0.2, 0) is 29.9 Å². The Hall–Kier alpha value is -11.6. The number of aromatic amines is 2. The predicted octanol–water partition coefficient (Wildman–Crippen LogP) is 12.9. The second-order valence-electron chi connectivity index (χ2n) is 22.5. The summed E-state index contributed by atoms with van der Waals surface area (Å²) in [5.74, 6) is 1.73. The minimum absolute atomic E-state index is 0. The zero-order valence-corrected chi connectivity index (χ0v) is 54.9. The topological polar surface area (TPSA) is 132 Å². The van der Waals surface area contributed by atoms with Gasteiger partial charge in [-0.05, 0) is 24.3 Å². The van der Waals surface area contributed by atoms with Gasteiger partial charge < -0.3 is 9.97 Å². The molecule has 10 aromatic carbocycles. The van der Waals surface area contributed by atoms with E-state index in [1.54, 1.807) is 30.9 Å². The number of hydrogen-bond donors (Lipinski definition) is 2. The summed E-state index contributed by atoms with van der Waals surface area (Å²) in [5.41, 5.74) is 16.7. The maximum atomic E-state index is 7.32. The zero-order chi connectivity index (χ0) is 65.3. The van der Waals surface area contributed by atoms with Gasteiger partial charge in [0, 0.05) is 92.6 Å². The molecule has 0 bridgehead atoms. The molecule has 9 nitrogen and oxygen atoms in total. The first kappa shape index (κ1) is 68.8. The normalized spacial score (nSPS) is 10.8. The van der Waals surface area contributed by atoms with E-state index in [-0.39, 0.29) is 17.1 Å². The number of hydrogen-bond acceptors (Lipinski definition) is 7. The first-order chi connectivity index (χ1) is 47.1. The fourth-order valence-corrected chi connectivity index (χ4v) is 12.3. The van der Waals surface area contributed by atoms with Gasteiger partial charge in [-0.15, -0.1) is 0 Å². The molecule has 0 spiro atoms. The van der Waals surface area contributed by atoms with E-state index in [0.717, 1.165) is 58.4 Å². The smallest absolute Gasteiger partial charge is 0.344 e. The van der Waals surface area contributed by atoms with Crippen LogP contribution in [0.5, 0.6) is 0 Å². The van der Waals surface area contributed by atoms with Crippen molar-refractivity contribution < 1.29 is 17.1 Å². The summed E-state index contributed by atoms with van der Waals surface area (Å²) < 4.78 is 0. The Bertz CT molecular complexity index is 3900. The van der Waals surface area contributed by atoms with Crippen LogP contribution in [0.3, 0.4) is 0 Å².